The van der Waals surface area contributed by atoms with Crippen molar-refractivity contribution >= 4 is 23.7 Å². The van der Waals surface area contributed by atoms with Gasteiger partial charge in [0.15, 0.2) is 0 Å². The first kappa shape index (κ1) is 23.7. The van der Waals surface area contributed by atoms with Crippen LogP contribution in [0.15, 0.2) is 0 Å². The molecule has 0 aromatic rings. The molecule has 150 valence electrons. The van der Waals surface area contributed by atoms with Crippen LogP contribution in [0.1, 0.15) is 20.8 Å². The molecule has 6 atom stereocenters. The Labute approximate surface area is 149 Å². The van der Waals surface area contributed by atoms with Crippen molar-refractivity contribution in [3.8, 4) is 0 Å². The Morgan fingerprint density at radius 1 is 0.885 bits per heavy atom. The largest absolute Gasteiger partial charge is 0.480 e. The van der Waals surface area contributed by atoms with Gasteiger partial charge in [-0.2, -0.15) is 0 Å². The lowest BCUT2D eigenvalue weighted by molar-refractivity contribution is -0.142. The van der Waals surface area contributed by atoms with E-state index in [9.17, 15) is 34.5 Å². The lowest BCUT2D eigenvalue weighted by Gasteiger charge is -2.25. The van der Waals surface area contributed by atoms with Crippen LogP contribution in [0.3, 0.4) is 0 Å². The fourth-order valence-electron chi connectivity index (χ4n) is 1.71. The van der Waals surface area contributed by atoms with Crippen LogP contribution in [0.25, 0.3) is 0 Å². The minimum absolute atomic E-state index is 0.850. The van der Waals surface area contributed by atoms with Crippen molar-refractivity contribution in [2.24, 2.45) is 5.73 Å². The van der Waals surface area contributed by atoms with E-state index in [-0.39, 0.29) is 0 Å². The molecule has 12 heteroatoms. The average molecular weight is 378 g/mol. The molecule has 0 aliphatic rings. The molecule has 0 aliphatic heterocycles. The predicted molar refractivity (Wildman–Crippen MR) is 87.5 cm³/mol. The maximum Gasteiger partial charge on any atom is 0.325 e. The standard InChI is InChI=1S/C14H26N4O8/c1-5(14(25)26)16-11(22)8(4-19)17-13(24)10(7(3)21)18-12(23)9(15)6(2)20/h5-10,19-21H,4,15H2,1-3H3,(H,16,22)(H,17,24)(H,18,23)(H,25,26). The van der Waals surface area contributed by atoms with Gasteiger partial charge in [0, 0.05) is 0 Å². The quantitative estimate of drug-likeness (QED) is 0.184. The smallest absolute Gasteiger partial charge is 0.325 e. The van der Waals surface area contributed by atoms with Crippen LogP contribution < -0.4 is 21.7 Å². The van der Waals surface area contributed by atoms with E-state index < -0.39 is 66.7 Å². The number of carboxylic acid groups (broad SMARTS) is 1. The third-order valence-corrected chi connectivity index (χ3v) is 3.43. The second-order valence-corrected chi connectivity index (χ2v) is 5.81. The number of carbonyl (C=O) groups is 4. The maximum absolute atomic E-state index is 12.2. The van der Waals surface area contributed by atoms with Gasteiger partial charge in [-0.3, -0.25) is 19.2 Å². The number of aliphatic hydroxyl groups is 3. The van der Waals surface area contributed by atoms with Gasteiger partial charge in [-0.1, -0.05) is 0 Å². The Morgan fingerprint density at radius 3 is 1.81 bits per heavy atom. The molecule has 0 aromatic carbocycles. The monoisotopic (exact) mass is 378 g/mol. The lowest BCUT2D eigenvalue weighted by atomic mass is 10.1. The number of carbonyl (C=O) groups excluding carboxylic acids is 3. The first-order valence-corrected chi connectivity index (χ1v) is 7.78. The van der Waals surface area contributed by atoms with Crippen molar-refractivity contribution in [3.05, 3.63) is 0 Å². The third kappa shape index (κ3) is 7.31. The summed E-state index contributed by atoms with van der Waals surface area (Å²) in [6.45, 7) is 2.79. The van der Waals surface area contributed by atoms with Gasteiger partial charge in [0.2, 0.25) is 17.7 Å². The van der Waals surface area contributed by atoms with Gasteiger partial charge in [-0.05, 0) is 20.8 Å². The van der Waals surface area contributed by atoms with Crippen LogP contribution in [0.2, 0.25) is 0 Å². The SMILES string of the molecule is CC(NC(=O)C(CO)NC(=O)C(NC(=O)C(N)C(C)O)C(C)O)C(=O)O. The Balaban J connectivity index is 5.04. The van der Waals surface area contributed by atoms with Crippen molar-refractivity contribution < 1.29 is 39.6 Å². The van der Waals surface area contributed by atoms with Crippen molar-refractivity contribution in [1.29, 1.82) is 0 Å². The predicted octanol–water partition coefficient (Wildman–Crippen LogP) is -4.37. The Hall–Kier alpha value is -2.28. The molecular formula is C14H26N4O8. The fraction of sp³-hybridized carbons (Fsp3) is 0.714. The van der Waals surface area contributed by atoms with Gasteiger partial charge >= 0.3 is 5.97 Å². The highest BCUT2D eigenvalue weighted by Gasteiger charge is 2.32. The van der Waals surface area contributed by atoms with Gasteiger partial charge in [-0.15, -0.1) is 0 Å². The summed E-state index contributed by atoms with van der Waals surface area (Å²) in [4.78, 5) is 46.7. The summed E-state index contributed by atoms with van der Waals surface area (Å²) in [7, 11) is 0. The Bertz CT molecular complexity index is 525. The van der Waals surface area contributed by atoms with Crippen molar-refractivity contribution in [2.75, 3.05) is 6.61 Å². The van der Waals surface area contributed by atoms with Crippen LogP contribution in [-0.4, -0.2) is 87.1 Å². The van der Waals surface area contributed by atoms with E-state index in [0.717, 1.165) is 0 Å². The van der Waals surface area contributed by atoms with Gasteiger partial charge in [0.25, 0.3) is 0 Å². The highest BCUT2D eigenvalue weighted by atomic mass is 16.4. The van der Waals surface area contributed by atoms with E-state index in [2.05, 4.69) is 16.0 Å². The van der Waals surface area contributed by atoms with E-state index in [0.29, 0.717) is 0 Å². The third-order valence-electron chi connectivity index (χ3n) is 3.43. The van der Waals surface area contributed by atoms with Gasteiger partial charge < -0.3 is 42.1 Å². The first-order chi connectivity index (χ1) is 11.9. The number of amides is 3. The zero-order valence-electron chi connectivity index (χ0n) is 14.7. The minimum Gasteiger partial charge on any atom is -0.480 e. The summed E-state index contributed by atoms with van der Waals surface area (Å²) in [5.41, 5.74) is 5.43. The number of carboxylic acids is 1. The molecule has 3 amide bonds. The first-order valence-electron chi connectivity index (χ1n) is 7.78. The second-order valence-electron chi connectivity index (χ2n) is 5.81. The van der Waals surface area contributed by atoms with E-state index >= 15 is 0 Å². The normalized spacial score (nSPS) is 17.8. The van der Waals surface area contributed by atoms with Crippen LogP contribution in [0.4, 0.5) is 0 Å². The van der Waals surface area contributed by atoms with E-state index in [1.807, 2.05) is 0 Å². The zero-order valence-corrected chi connectivity index (χ0v) is 14.7. The molecule has 0 heterocycles. The molecule has 0 radical (unpaired) electrons. The Morgan fingerprint density at radius 2 is 1.42 bits per heavy atom. The molecule has 0 rings (SSSR count). The topological polar surface area (TPSA) is 211 Å². The maximum atomic E-state index is 12.2. The molecule has 0 aromatic heterocycles. The molecule has 26 heavy (non-hydrogen) atoms. The van der Waals surface area contributed by atoms with Gasteiger partial charge in [0.1, 0.15) is 24.2 Å². The summed E-state index contributed by atoms with van der Waals surface area (Å²) < 4.78 is 0. The van der Waals surface area contributed by atoms with Crippen molar-refractivity contribution in [3.63, 3.8) is 0 Å². The summed E-state index contributed by atoms with van der Waals surface area (Å²) in [5, 5.41) is 43.2. The molecule has 0 spiro atoms. The zero-order chi connectivity index (χ0) is 20.6. The number of hydrogen-bond donors (Lipinski definition) is 8. The molecule has 6 unspecified atom stereocenters. The molecule has 12 nitrogen and oxygen atoms in total. The number of aliphatic hydroxyl groups excluding tert-OH is 3. The second kappa shape index (κ2) is 10.7. The molecule has 9 N–H and O–H groups in total. The van der Waals surface area contributed by atoms with Crippen LogP contribution in [0, 0.1) is 0 Å². The molecule has 0 saturated carbocycles. The summed E-state index contributed by atoms with van der Waals surface area (Å²) >= 11 is 0. The lowest BCUT2D eigenvalue weighted by Crippen LogP contribution is -2.61. The summed E-state index contributed by atoms with van der Waals surface area (Å²) in [6, 6.07) is -5.64. The van der Waals surface area contributed by atoms with Crippen LogP contribution >= 0.6 is 0 Å². The minimum atomic E-state index is -1.52. The van der Waals surface area contributed by atoms with Crippen molar-refractivity contribution in [1.82, 2.24) is 16.0 Å². The Kier molecular flexibility index (Phi) is 9.72. The molecule has 0 fully saturated rings. The average Bonchev–Trinajstić information content (AvgIpc) is 2.55. The number of nitrogens with two attached hydrogens (primary N) is 1. The van der Waals surface area contributed by atoms with E-state index in [4.69, 9.17) is 10.8 Å². The highest BCUT2D eigenvalue weighted by Crippen LogP contribution is 1.98. The van der Waals surface area contributed by atoms with Gasteiger partial charge in [-0.25, -0.2) is 0 Å². The van der Waals surface area contributed by atoms with Crippen LogP contribution in [0.5, 0.6) is 0 Å². The highest BCUT2D eigenvalue weighted by molar-refractivity contribution is 5.94. The van der Waals surface area contributed by atoms with Crippen LogP contribution in [-0.2, 0) is 19.2 Å². The number of rotatable bonds is 10. The van der Waals surface area contributed by atoms with Crippen molar-refractivity contribution in [2.45, 2.75) is 57.1 Å². The molecular weight excluding hydrogens is 352 g/mol. The molecule has 0 saturated heterocycles. The van der Waals surface area contributed by atoms with E-state index in [1.165, 1.54) is 20.8 Å². The number of nitrogens with one attached hydrogen (secondary N) is 3. The summed E-state index contributed by atoms with van der Waals surface area (Å²) in [6.07, 6.45) is -2.60. The number of hydrogen-bond acceptors (Lipinski definition) is 8. The molecule has 0 bridgehead atoms. The van der Waals surface area contributed by atoms with Gasteiger partial charge in [0.05, 0.1) is 18.8 Å². The fourth-order valence-corrected chi connectivity index (χ4v) is 1.71. The van der Waals surface area contributed by atoms with E-state index in [1.54, 1.807) is 0 Å². The number of aliphatic carboxylic acids is 1. The molecule has 0 aliphatic carbocycles. The summed E-state index contributed by atoms with van der Waals surface area (Å²) in [5.74, 6) is -4.21.